The summed E-state index contributed by atoms with van der Waals surface area (Å²) in [4.78, 5) is 1.75. The van der Waals surface area contributed by atoms with E-state index in [1.165, 1.54) is 6.07 Å². The Morgan fingerprint density at radius 2 is 2.00 bits per heavy atom. The molecule has 0 unspecified atom stereocenters. The highest BCUT2D eigenvalue weighted by molar-refractivity contribution is 6.58. The molecule has 0 spiro atoms. The average Bonchev–Trinajstić information content (AvgIpc) is 2.16. The smallest absolute Gasteiger partial charge is 0.423 e. The van der Waals surface area contributed by atoms with Gasteiger partial charge in [0.2, 0.25) is 0 Å². The summed E-state index contributed by atoms with van der Waals surface area (Å²) in [5.41, 5.74) is 1.57. The Kier molecular flexibility index (Phi) is 3.12. The fourth-order valence-electron chi connectivity index (χ4n) is 1.17. The van der Waals surface area contributed by atoms with Gasteiger partial charge in [-0.15, -0.1) is 0 Å². The van der Waals surface area contributed by atoms with Crippen LogP contribution in [0.2, 0.25) is 0 Å². The summed E-state index contributed by atoms with van der Waals surface area (Å²) < 4.78 is 0. The van der Waals surface area contributed by atoms with Gasteiger partial charge in [-0.3, -0.25) is 0 Å². The third-order valence-electron chi connectivity index (χ3n) is 1.92. The maximum Gasteiger partial charge on any atom is 0.488 e. The molecule has 0 saturated heterocycles. The van der Waals surface area contributed by atoms with Gasteiger partial charge in [-0.1, -0.05) is 6.07 Å². The Labute approximate surface area is 83.2 Å². The number of rotatable bonds is 2. The molecule has 4 nitrogen and oxygen atoms in total. The summed E-state index contributed by atoms with van der Waals surface area (Å²) in [5.74, 6) is 0. The van der Waals surface area contributed by atoms with Crippen LogP contribution in [0.3, 0.4) is 0 Å². The summed E-state index contributed by atoms with van der Waals surface area (Å²) >= 11 is 0. The summed E-state index contributed by atoms with van der Waals surface area (Å²) in [7, 11) is 2.09. The molecule has 14 heavy (non-hydrogen) atoms. The topological polar surface area (TPSA) is 67.5 Å². The Hall–Kier alpha value is -1.51. The maximum absolute atomic E-state index is 8.95. The normalized spacial score (nSPS) is 9.36. The second kappa shape index (κ2) is 4.14. The van der Waals surface area contributed by atoms with Crippen molar-refractivity contribution >= 4 is 18.3 Å². The van der Waals surface area contributed by atoms with E-state index >= 15 is 0 Å². The van der Waals surface area contributed by atoms with E-state index in [9.17, 15) is 0 Å². The molecule has 0 bridgehead atoms. The minimum Gasteiger partial charge on any atom is -0.423 e. The number of anilines is 1. The van der Waals surface area contributed by atoms with E-state index in [4.69, 9.17) is 15.3 Å². The number of nitrogens with zero attached hydrogens (tertiary/aromatic N) is 2. The van der Waals surface area contributed by atoms with Crippen molar-refractivity contribution in [2.45, 2.75) is 0 Å². The fraction of sp³-hybridized carbons (Fsp3) is 0.222. The molecule has 0 aromatic heterocycles. The van der Waals surface area contributed by atoms with E-state index in [2.05, 4.69) is 0 Å². The molecule has 0 radical (unpaired) electrons. The summed E-state index contributed by atoms with van der Waals surface area (Å²) in [6.07, 6.45) is 0. The zero-order chi connectivity index (χ0) is 10.7. The highest BCUT2D eigenvalue weighted by atomic mass is 16.4. The van der Waals surface area contributed by atoms with E-state index < -0.39 is 7.12 Å². The molecule has 0 aliphatic rings. The number of hydrogen-bond acceptors (Lipinski definition) is 4. The summed E-state index contributed by atoms with van der Waals surface area (Å²) in [5, 5.41) is 26.7. The maximum atomic E-state index is 8.95. The number of nitriles is 1. The van der Waals surface area contributed by atoms with Crippen LogP contribution >= 0.6 is 0 Å². The first-order chi connectivity index (χ1) is 6.56. The van der Waals surface area contributed by atoms with Gasteiger partial charge in [-0.2, -0.15) is 5.26 Å². The van der Waals surface area contributed by atoms with Gasteiger partial charge in [0, 0.05) is 14.1 Å². The molecule has 0 heterocycles. The van der Waals surface area contributed by atoms with E-state index in [0.717, 1.165) is 0 Å². The first-order valence-corrected chi connectivity index (χ1v) is 4.13. The number of hydrogen-bond donors (Lipinski definition) is 2. The van der Waals surface area contributed by atoms with E-state index in [0.29, 0.717) is 16.7 Å². The molecule has 5 heteroatoms. The molecule has 0 amide bonds. The number of benzene rings is 1. The molecule has 72 valence electrons. The third kappa shape index (κ3) is 2.05. The van der Waals surface area contributed by atoms with Crippen molar-refractivity contribution in [2.24, 2.45) is 0 Å². The Balaban J connectivity index is 3.23. The molecular formula is C9H11BN2O2. The first kappa shape index (κ1) is 10.6. The monoisotopic (exact) mass is 190 g/mol. The molecule has 0 saturated carbocycles. The molecule has 1 rings (SSSR count). The predicted molar refractivity (Wildman–Crippen MR) is 55.3 cm³/mol. The predicted octanol–water partition coefficient (Wildman–Crippen LogP) is -0.696. The average molecular weight is 190 g/mol. The van der Waals surface area contributed by atoms with E-state index in [-0.39, 0.29) is 0 Å². The molecule has 2 N–H and O–H groups in total. The lowest BCUT2D eigenvalue weighted by Gasteiger charge is -2.15. The molecular weight excluding hydrogens is 179 g/mol. The van der Waals surface area contributed by atoms with Crippen molar-refractivity contribution in [3.63, 3.8) is 0 Å². The van der Waals surface area contributed by atoms with E-state index in [1.54, 1.807) is 31.1 Å². The molecule has 1 aromatic rings. The van der Waals surface area contributed by atoms with Gasteiger partial charge in [-0.25, -0.2) is 0 Å². The van der Waals surface area contributed by atoms with Gasteiger partial charge < -0.3 is 14.9 Å². The van der Waals surface area contributed by atoms with Crippen molar-refractivity contribution in [1.82, 2.24) is 0 Å². The zero-order valence-corrected chi connectivity index (χ0v) is 8.10. The molecule has 0 fully saturated rings. The van der Waals surface area contributed by atoms with Crippen LogP contribution in [0.15, 0.2) is 18.2 Å². The Morgan fingerprint density at radius 3 is 2.43 bits per heavy atom. The van der Waals surface area contributed by atoms with Crippen LogP contribution < -0.4 is 10.4 Å². The fourth-order valence-corrected chi connectivity index (χ4v) is 1.17. The van der Waals surface area contributed by atoms with Crippen molar-refractivity contribution in [3.8, 4) is 6.07 Å². The van der Waals surface area contributed by atoms with Crippen LogP contribution in [0.5, 0.6) is 0 Å². The van der Waals surface area contributed by atoms with Crippen molar-refractivity contribution in [2.75, 3.05) is 19.0 Å². The minimum atomic E-state index is -1.50. The Morgan fingerprint density at radius 1 is 1.36 bits per heavy atom. The first-order valence-electron chi connectivity index (χ1n) is 4.13. The third-order valence-corrected chi connectivity index (χ3v) is 1.92. The van der Waals surface area contributed by atoms with Crippen molar-refractivity contribution in [1.29, 1.82) is 5.26 Å². The molecule has 0 aliphatic carbocycles. The Bertz CT molecular complexity index is 372. The molecule has 0 aliphatic heterocycles. The zero-order valence-electron chi connectivity index (χ0n) is 8.10. The second-order valence-corrected chi connectivity index (χ2v) is 3.16. The largest absolute Gasteiger partial charge is 0.488 e. The van der Waals surface area contributed by atoms with Gasteiger partial charge in [0.05, 0.1) is 11.3 Å². The van der Waals surface area contributed by atoms with Gasteiger partial charge >= 0.3 is 7.12 Å². The minimum absolute atomic E-state index is 0.382. The SMILES string of the molecule is CN(C)c1cc(B(O)O)ccc1C#N. The highest BCUT2D eigenvalue weighted by Crippen LogP contribution is 2.15. The molecule has 0 atom stereocenters. The van der Waals surface area contributed by atoms with Crippen molar-refractivity contribution < 1.29 is 10.0 Å². The van der Waals surface area contributed by atoms with Gasteiger partial charge in [0.25, 0.3) is 0 Å². The standard InChI is InChI=1S/C9H11BN2O2/c1-12(2)9-5-8(10(13)14)4-3-7(9)6-11/h3-5,13-14H,1-2H3. The quantitative estimate of drug-likeness (QED) is 0.605. The molecule has 1 aromatic carbocycles. The van der Waals surface area contributed by atoms with Crippen LogP contribution in [0.4, 0.5) is 5.69 Å². The lowest BCUT2D eigenvalue weighted by atomic mass is 9.79. The summed E-state index contributed by atoms with van der Waals surface area (Å²) in [6.45, 7) is 0. The van der Waals surface area contributed by atoms with Crippen LogP contribution in [0, 0.1) is 11.3 Å². The van der Waals surface area contributed by atoms with Gasteiger partial charge in [0.15, 0.2) is 0 Å². The highest BCUT2D eigenvalue weighted by Gasteiger charge is 2.13. The second-order valence-electron chi connectivity index (χ2n) is 3.16. The van der Waals surface area contributed by atoms with E-state index in [1.807, 2.05) is 6.07 Å². The van der Waals surface area contributed by atoms with Crippen molar-refractivity contribution in [3.05, 3.63) is 23.8 Å². The lowest BCUT2D eigenvalue weighted by molar-refractivity contribution is 0.426. The lowest BCUT2D eigenvalue weighted by Crippen LogP contribution is -2.30. The summed E-state index contributed by atoms with van der Waals surface area (Å²) in [6, 6.07) is 6.72. The van der Waals surface area contributed by atoms with Gasteiger partial charge in [0.1, 0.15) is 6.07 Å². The van der Waals surface area contributed by atoms with Gasteiger partial charge in [-0.05, 0) is 17.6 Å². The van der Waals surface area contributed by atoms with Crippen LogP contribution in [-0.2, 0) is 0 Å². The van der Waals surface area contributed by atoms with Crippen LogP contribution in [0.25, 0.3) is 0 Å². The van der Waals surface area contributed by atoms with Crippen LogP contribution in [-0.4, -0.2) is 31.3 Å². The van der Waals surface area contributed by atoms with Crippen LogP contribution in [0.1, 0.15) is 5.56 Å².